The normalized spacial score (nSPS) is 16.2. The minimum atomic E-state index is 0. The maximum atomic E-state index is 5.51. The van der Waals surface area contributed by atoms with Crippen LogP contribution in [-0.2, 0) is 6.54 Å². The van der Waals surface area contributed by atoms with Crippen LogP contribution < -0.4 is 5.32 Å². The van der Waals surface area contributed by atoms with E-state index >= 15 is 0 Å². The number of aromatic nitrogens is 1. The Kier molecular flexibility index (Phi) is 7.09. The molecule has 1 N–H and O–H groups in total. The Labute approximate surface area is 144 Å². The van der Waals surface area contributed by atoms with Gasteiger partial charge in [0.15, 0.2) is 5.76 Å². The van der Waals surface area contributed by atoms with Crippen LogP contribution in [0.15, 0.2) is 40.9 Å². The summed E-state index contributed by atoms with van der Waals surface area (Å²) in [6.45, 7) is 7.57. The van der Waals surface area contributed by atoms with Crippen LogP contribution in [0.2, 0.25) is 0 Å². The topological polar surface area (TPSA) is 41.3 Å². The number of rotatable bonds is 6. The Balaban J connectivity index is 0.00000192. The van der Waals surface area contributed by atoms with Crippen molar-refractivity contribution in [3.05, 3.63) is 42.2 Å². The molecule has 2 aromatic rings. The lowest BCUT2D eigenvalue weighted by Crippen LogP contribution is -2.36. The number of likely N-dealkylation sites (tertiary alicyclic amines) is 1. The van der Waals surface area contributed by atoms with E-state index in [9.17, 15) is 0 Å². The second-order valence-electron chi connectivity index (χ2n) is 6.07. The molecule has 1 aromatic carbocycles. The van der Waals surface area contributed by atoms with Gasteiger partial charge in [0.1, 0.15) is 5.69 Å². The quantitative estimate of drug-likeness (QED) is 0.876. The van der Waals surface area contributed by atoms with Gasteiger partial charge < -0.3 is 9.84 Å². The third kappa shape index (κ3) is 5.06. The van der Waals surface area contributed by atoms with Gasteiger partial charge in [-0.25, -0.2) is 0 Å². The van der Waals surface area contributed by atoms with Crippen LogP contribution in [0.4, 0.5) is 0 Å². The average Bonchev–Trinajstić information content (AvgIpc) is 3.04. The second-order valence-corrected chi connectivity index (χ2v) is 6.07. The number of piperidine rings is 1. The summed E-state index contributed by atoms with van der Waals surface area (Å²) in [5, 5.41) is 7.65. The standard InChI is InChI=1S/C18H25N3O.ClH/c1-2-19-13-15-8-10-21(11-9-15)14-17-12-18(20-22-17)16-6-4-3-5-7-16;/h3-7,12,15,19H,2,8-11,13-14H2,1H3;1H. The van der Waals surface area contributed by atoms with Gasteiger partial charge in [0.05, 0.1) is 6.54 Å². The Hall–Kier alpha value is -1.36. The first-order valence-electron chi connectivity index (χ1n) is 8.29. The molecule has 0 amide bonds. The molecule has 5 heteroatoms. The van der Waals surface area contributed by atoms with Crippen molar-refractivity contribution in [3.8, 4) is 11.3 Å². The molecule has 126 valence electrons. The largest absolute Gasteiger partial charge is 0.359 e. The zero-order valence-electron chi connectivity index (χ0n) is 13.7. The van der Waals surface area contributed by atoms with E-state index in [1.54, 1.807) is 0 Å². The van der Waals surface area contributed by atoms with Crippen LogP contribution in [0.1, 0.15) is 25.5 Å². The summed E-state index contributed by atoms with van der Waals surface area (Å²) in [4.78, 5) is 2.47. The monoisotopic (exact) mass is 335 g/mol. The predicted molar refractivity (Wildman–Crippen MR) is 95.7 cm³/mol. The fraction of sp³-hybridized carbons (Fsp3) is 0.500. The van der Waals surface area contributed by atoms with E-state index in [0.29, 0.717) is 0 Å². The number of benzene rings is 1. The van der Waals surface area contributed by atoms with Crippen LogP contribution in [0.5, 0.6) is 0 Å². The number of nitrogens with one attached hydrogen (secondary N) is 1. The third-order valence-corrected chi connectivity index (χ3v) is 4.40. The molecular weight excluding hydrogens is 310 g/mol. The number of hydrogen-bond acceptors (Lipinski definition) is 4. The molecule has 4 nitrogen and oxygen atoms in total. The molecule has 2 heterocycles. The van der Waals surface area contributed by atoms with Gasteiger partial charge in [-0.05, 0) is 44.9 Å². The van der Waals surface area contributed by atoms with Crippen LogP contribution in [0.25, 0.3) is 11.3 Å². The van der Waals surface area contributed by atoms with Gasteiger partial charge >= 0.3 is 0 Å². The summed E-state index contributed by atoms with van der Waals surface area (Å²) in [5.41, 5.74) is 2.04. The molecule has 0 bridgehead atoms. The first kappa shape index (κ1) is 18.0. The minimum absolute atomic E-state index is 0. The maximum absolute atomic E-state index is 5.51. The summed E-state index contributed by atoms with van der Waals surface area (Å²) >= 11 is 0. The van der Waals surface area contributed by atoms with Gasteiger partial charge in [0.2, 0.25) is 0 Å². The van der Waals surface area contributed by atoms with Gasteiger partial charge in [-0.1, -0.05) is 42.4 Å². The van der Waals surface area contributed by atoms with Crippen molar-refractivity contribution in [2.75, 3.05) is 26.2 Å². The highest BCUT2D eigenvalue weighted by atomic mass is 35.5. The SMILES string of the molecule is CCNCC1CCN(Cc2cc(-c3ccccc3)no2)CC1.Cl. The van der Waals surface area contributed by atoms with Crippen molar-refractivity contribution in [2.45, 2.75) is 26.3 Å². The first-order chi connectivity index (χ1) is 10.8. The summed E-state index contributed by atoms with van der Waals surface area (Å²) < 4.78 is 5.51. The number of halogens is 1. The van der Waals surface area contributed by atoms with E-state index in [1.807, 2.05) is 18.2 Å². The third-order valence-electron chi connectivity index (χ3n) is 4.40. The molecule has 3 rings (SSSR count). The van der Waals surface area contributed by atoms with Crippen molar-refractivity contribution in [2.24, 2.45) is 5.92 Å². The minimum Gasteiger partial charge on any atom is -0.359 e. The van der Waals surface area contributed by atoms with Crippen molar-refractivity contribution in [3.63, 3.8) is 0 Å². The first-order valence-corrected chi connectivity index (χ1v) is 8.29. The molecule has 0 aliphatic carbocycles. The lowest BCUT2D eigenvalue weighted by molar-refractivity contribution is 0.160. The van der Waals surface area contributed by atoms with Gasteiger partial charge in [0, 0.05) is 11.6 Å². The van der Waals surface area contributed by atoms with Crippen LogP contribution >= 0.6 is 12.4 Å². The molecule has 1 fully saturated rings. The van der Waals surface area contributed by atoms with Crippen LogP contribution in [0, 0.1) is 5.92 Å². The Morgan fingerprint density at radius 3 is 2.65 bits per heavy atom. The van der Waals surface area contributed by atoms with Gasteiger partial charge in [-0.3, -0.25) is 4.90 Å². The maximum Gasteiger partial charge on any atom is 0.151 e. The molecular formula is C18H26ClN3O. The molecule has 0 unspecified atom stereocenters. The zero-order chi connectivity index (χ0) is 15.2. The van der Waals surface area contributed by atoms with E-state index in [2.05, 4.69) is 40.5 Å². The molecule has 0 radical (unpaired) electrons. The summed E-state index contributed by atoms with van der Waals surface area (Å²) in [6, 6.07) is 12.3. The lowest BCUT2D eigenvalue weighted by atomic mass is 9.97. The summed E-state index contributed by atoms with van der Waals surface area (Å²) in [5.74, 6) is 1.79. The van der Waals surface area contributed by atoms with Crippen LogP contribution in [0.3, 0.4) is 0 Å². The molecule has 0 atom stereocenters. The molecule has 23 heavy (non-hydrogen) atoms. The lowest BCUT2D eigenvalue weighted by Gasteiger charge is -2.31. The molecule has 1 aliphatic heterocycles. The van der Waals surface area contributed by atoms with Gasteiger partial charge in [0.25, 0.3) is 0 Å². The highest BCUT2D eigenvalue weighted by Crippen LogP contribution is 2.22. The van der Waals surface area contributed by atoms with E-state index < -0.39 is 0 Å². The van der Waals surface area contributed by atoms with Crippen molar-refractivity contribution >= 4 is 12.4 Å². The average molecular weight is 336 g/mol. The second kappa shape index (κ2) is 9.06. The molecule has 1 aromatic heterocycles. The smallest absolute Gasteiger partial charge is 0.151 e. The van der Waals surface area contributed by atoms with Gasteiger partial charge in [-0.2, -0.15) is 0 Å². The molecule has 1 aliphatic rings. The fourth-order valence-electron chi connectivity index (χ4n) is 3.05. The number of hydrogen-bond donors (Lipinski definition) is 1. The molecule has 1 saturated heterocycles. The Morgan fingerprint density at radius 1 is 1.22 bits per heavy atom. The van der Waals surface area contributed by atoms with E-state index in [0.717, 1.165) is 55.7 Å². The Bertz CT molecular complexity index is 565. The highest BCUT2D eigenvalue weighted by molar-refractivity contribution is 5.85. The predicted octanol–water partition coefficient (Wildman–Crippen LogP) is 3.58. The van der Waals surface area contributed by atoms with Gasteiger partial charge in [-0.15, -0.1) is 12.4 Å². The van der Waals surface area contributed by atoms with E-state index in [-0.39, 0.29) is 12.4 Å². The van der Waals surface area contributed by atoms with E-state index in [1.165, 1.54) is 12.8 Å². The molecule has 0 saturated carbocycles. The number of nitrogens with zero attached hydrogens (tertiary/aromatic N) is 2. The summed E-state index contributed by atoms with van der Waals surface area (Å²) in [7, 11) is 0. The highest BCUT2D eigenvalue weighted by Gasteiger charge is 2.20. The zero-order valence-corrected chi connectivity index (χ0v) is 14.5. The Morgan fingerprint density at radius 2 is 1.96 bits per heavy atom. The van der Waals surface area contributed by atoms with Crippen molar-refractivity contribution in [1.29, 1.82) is 0 Å². The fourth-order valence-corrected chi connectivity index (χ4v) is 3.05. The van der Waals surface area contributed by atoms with Crippen molar-refractivity contribution in [1.82, 2.24) is 15.4 Å². The van der Waals surface area contributed by atoms with Crippen molar-refractivity contribution < 1.29 is 4.52 Å². The molecule has 0 spiro atoms. The summed E-state index contributed by atoms with van der Waals surface area (Å²) in [6.07, 6.45) is 2.54. The van der Waals surface area contributed by atoms with Crippen LogP contribution in [-0.4, -0.2) is 36.2 Å². The van der Waals surface area contributed by atoms with E-state index in [4.69, 9.17) is 4.52 Å².